The molecule has 0 aliphatic carbocycles. The zero-order valence-corrected chi connectivity index (χ0v) is 17.7. The summed E-state index contributed by atoms with van der Waals surface area (Å²) in [7, 11) is 1.62. The van der Waals surface area contributed by atoms with Crippen LogP contribution in [0.25, 0.3) is 5.57 Å². The molecule has 8 heteroatoms. The summed E-state index contributed by atoms with van der Waals surface area (Å²) in [4.78, 5) is 16.8. The largest absolute Gasteiger partial charge is 0.351 e. The highest BCUT2D eigenvalue weighted by atomic mass is 19.3. The van der Waals surface area contributed by atoms with Crippen LogP contribution in [0.5, 0.6) is 0 Å². The molecular formula is C21H28F3N5. The molecule has 1 aromatic rings. The Labute approximate surface area is 170 Å². The number of nitrogens with zero attached hydrogens (tertiary/aromatic N) is 4. The van der Waals surface area contributed by atoms with Crippen LogP contribution in [0.3, 0.4) is 0 Å². The van der Waals surface area contributed by atoms with Gasteiger partial charge in [-0.1, -0.05) is 6.58 Å². The first-order chi connectivity index (χ1) is 13.4. The fraction of sp³-hybridized carbons (Fsp3) is 0.429. The van der Waals surface area contributed by atoms with E-state index in [1.165, 1.54) is 20.8 Å². The molecule has 0 atom stereocenters. The third-order valence-electron chi connectivity index (χ3n) is 3.82. The van der Waals surface area contributed by atoms with Crippen molar-refractivity contribution in [3.8, 4) is 0 Å². The average molecular weight is 407 g/mol. The fourth-order valence-corrected chi connectivity index (χ4v) is 2.09. The molecule has 0 amide bonds. The molecule has 0 saturated carbocycles. The first kappa shape index (κ1) is 24.3. The number of halogens is 3. The van der Waals surface area contributed by atoms with Crippen LogP contribution in [0, 0.1) is 6.92 Å². The number of alkyl halides is 3. The Morgan fingerprint density at radius 2 is 1.97 bits per heavy atom. The molecule has 29 heavy (non-hydrogen) atoms. The lowest BCUT2D eigenvalue weighted by Gasteiger charge is -2.15. The van der Waals surface area contributed by atoms with Gasteiger partial charge in [-0.2, -0.15) is 0 Å². The number of aliphatic imine (C=N–C) groups is 2. The van der Waals surface area contributed by atoms with E-state index in [1.807, 2.05) is 0 Å². The van der Waals surface area contributed by atoms with Gasteiger partial charge in [-0.05, 0) is 46.8 Å². The van der Waals surface area contributed by atoms with E-state index >= 15 is 0 Å². The van der Waals surface area contributed by atoms with E-state index in [0.29, 0.717) is 34.2 Å². The van der Waals surface area contributed by atoms with Crippen LogP contribution in [0.1, 0.15) is 39.0 Å². The Morgan fingerprint density at radius 3 is 2.48 bits per heavy atom. The van der Waals surface area contributed by atoms with Gasteiger partial charge in [-0.15, -0.1) is 0 Å². The second-order valence-electron chi connectivity index (χ2n) is 7.13. The maximum absolute atomic E-state index is 13.6. The van der Waals surface area contributed by atoms with Crippen molar-refractivity contribution in [2.75, 3.05) is 18.9 Å². The molecule has 0 radical (unpaired) electrons. The van der Waals surface area contributed by atoms with Crippen molar-refractivity contribution in [3.63, 3.8) is 0 Å². The van der Waals surface area contributed by atoms with Crippen molar-refractivity contribution < 1.29 is 13.2 Å². The molecule has 0 aliphatic rings. The molecule has 1 rings (SSSR count). The summed E-state index contributed by atoms with van der Waals surface area (Å²) in [6.45, 7) is 11.9. The van der Waals surface area contributed by atoms with Gasteiger partial charge in [0, 0.05) is 41.9 Å². The van der Waals surface area contributed by atoms with Crippen molar-refractivity contribution in [3.05, 3.63) is 48.0 Å². The molecule has 0 saturated heterocycles. The Kier molecular flexibility index (Phi) is 8.94. The highest BCUT2D eigenvalue weighted by Gasteiger charge is 2.16. The van der Waals surface area contributed by atoms with Gasteiger partial charge in [0.2, 0.25) is 5.95 Å². The predicted octanol–water partition coefficient (Wildman–Crippen LogP) is 5.22. The zero-order valence-electron chi connectivity index (χ0n) is 17.7. The minimum absolute atomic E-state index is 0.0925. The minimum atomic E-state index is -2.53. The van der Waals surface area contributed by atoms with E-state index in [9.17, 15) is 13.2 Å². The number of aromatic nitrogens is 2. The van der Waals surface area contributed by atoms with Crippen LogP contribution >= 0.6 is 0 Å². The molecule has 0 aliphatic heterocycles. The third kappa shape index (κ3) is 8.41. The maximum atomic E-state index is 13.6. The van der Waals surface area contributed by atoms with Gasteiger partial charge < -0.3 is 5.32 Å². The molecule has 1 N–H and O–H groups in total. The number of hydrogen-bond acceptors (Lipinski definition) is 5. The molecule has 1 heterocycles. The van der Waals surface area contributed by atoms with Crippen LogP contribution in [-0.4, -0.2) is 47.1 Å². The lowest BCUT2D eigenvalue weighted by molar-refractivity contribution is 0.189. The second-order valence-corrected chi connectivity index (χ2v) is 7.13. The highest BCUT2D eigenvalue weighted by Crippen LogP contribution is 2.19. The molecule has 0 fully saturated rings. The summed E-state index contributed by atoms with van der Waals surface area (Å²) < 4.78 is 38.6. The van der Waals surface area contributed by atoms with Crippen LogP contribution in [0.4, 0.5) is 19.1 Å². The van der Waals surface area contributed by atoms with Crippen molar-refractivity contribution in [2.45, 2.75) is 46.7 Å². The van der Waals surface area contributed by atoms with Crippen LogP contribution in [-0.2, 0) is 0 Å². The molecule has 1 aromatic heterocycles. The molecule has 0 bridgehead atoms. The van der Waals surface area contributed by atoms with Gasteiger partial charge in [-0.3, -0.25) is 9.98 Å². The number of aryl methyl sites for hydroxylation is 1. The number of rotatable bonds is 9. The van der Waals surface area contributed by atoms with E-state index in [1.54, 1.807) is 39.2 Å². The molecule has 158 valence electrons. The summed E-state index contributed by atoms with van der Waals surface area (Å²) in [6.07, 6.45) is 3.58. The zero-order chi connectivity index (χ0) is 22.2. The first-order valence-corrected chi connectivity index (χ1v) is 9.04. The lowest BCUT2D eigenvalue weighted by Crippen LogP contribution is -2.25. The maximum Gasteiger partial charge on any atom is 0.261 e. The molecule has 0 unspecified atom stereocenters. The van der Waals surface area contributed by atoms with Crippen molar-refractivity contribution in [1.29, 1.82) is 0 Å². The summed E-state index contributed by atoms with van der Waals surface area (Å²) >= 11 is 0. The standard InChI is InChI=1S/C21H28F3N5/c1-13(19(22)23)10-26-14(2)8-9-18(25-7)15(3)17-11-27-20(29-16(17)4)28-12-21(5,6)24/h8-11,19H,3,12H2,1-2,4-7H3,(H,27,28,29)/b9-8-,13-10+,25-18?,26-14-. The SMILES string of the molecule is C=C(C(\C=C/C(C)=N\C=C(/C)C(F)F)=NC)c1cnc(NCC(C)(C)F)nc1C. The number of anilines is 1. The minimum Gasteiger partial charge on any atom is -0.351 e. The highest BCUT2D eigenvalue weighted by molar-refractivity contribution is 6.29. The summed E-state index contributed by atoms with van der Waals surface area (Å²) in [5, 5.41) is 2.86. The second kappa shape index (κ2) is 10.7. The molecule has 0 spiro atoms. The van der Waals surface area contributed by atoms with Gasteiger partial charge >= 0.3 is 0 Å². The number of allylic oxidation sites excluding steroid dienone is 4. The normalized spacial score (nSPS) is 14.1. The third-order valence-corrected chi connectivity index (χ3v) is 3.82. The quantitative estimate of drug-likeness (QED) is 0.571. The van der Waals surface area contributed by atoms with Crippen LogP contribution in [0.2, 0.25) is 0 Å². The lowest BCUT2D eigenvalue weighted by atomic mass is 10.0. The van der Waals surface area contributed by atoms with Crippen LogP contribution in [0.15, 0.2) is 46.7 Å². The monoisotopic (exact) mass is 407 g/mol. The molecule has 5 nitrogen and oxygen atoms in total. The number of hydrogen-bond donors (Lipinski definition) is 1. The van der Waals surface area contributed by atoms with E-state index in [4.69, 9.17) is 0 Å². The molecular weight excluding hydrogens is 379 g/mol. The van der Waals surface area contributed by atoms with Gasteiger partial charge in [0.05, 0.1) is 18.0 Å². The van der Waals surface area contributed by atoms with Crippen molar-refractivity contribution >= 4 is 22.9 Å². The van der Waals surface area contributed by atoms with Crippen molar-refractivity contribution in [1.82, 2.24) is 9.97 Å². The summed E-state index contributed by atoms with van der Waals surface area (Å²) in [5.74, 6) is 0.333. The van der Waals surface area contributed by atoms with Crippen LogP contribution < -0.4 is 5.32 Å². The Bertz CT molecular complexity index is 846. The topological polar surface area (TPSA) is 62.5 Å². The average Bonchev–Trinajstić information content (AvgIpc) is 2.64. The van der Waals surface area contributed by atoms with Gasteiger partial charge in [-0.25, -0.2) is 23.1 Å². The van der Waals surface area contributed by atoms with E-state index < -0.39 is 12.1 Å². The van der Waals surface area contributed by atoms with Gasteiger partial charge in [0.25, 0.3) is 6.43 Å². The fourth-order valence-electron chi connectivity index (χ4n) is 2.09. The smallest absolute Gasteiger partial charge is 0.261 e. The van der Waals surface area contributed by atoms with Gasteiger partial charge in [0.1, 0.15) is 5.67 Å². The van der Waals surface area contributed by atoms with Gasteiger partial charge in [0.15, 0.2) is 0 Å². The number of nitrogens with one attached hydrogen (secondary N) is 1. The van der Waals surface area contributed by atoms with E-state index in [-0.39, 0.29) is 12.1 Å². The van der Waals surface area contributed by atoms with Crippen molar-refractivity contribution in [2.24, 2.45) is 9.98 Å². The first-order valence-electron chi connectivity index (χ1n) is 9.04. The molecule has 0 aromatic carbocycles. The van der Waals surface area contributed by atoms with E-state index in [0.717, 1.165) is 6.20 Å². The summed E-state index contributed by atoms with van der Waals surface area (Å²) in [6, 6.07) is 0. The summed E-state index contributed by atoms with van der Waals surface area (Å²) in [5.41, 5.74) is 1.60. The predicted molar refractivity (Wildman–Crippen MR) is 115 cm³/mol. The van der Waals surface area contributed by atoms with E-state index in [2.05, 4.69) is 31.8 Å². The Balaban J connectivity index is 2.95. The Hall–Kier alpha value is -2.77. The Morgan fingerprint density at radius 1 is 1.31 bits per heavy atom.